The summed E-state index contributed by atoms with van der Waals surface area (Å²) >= 11 is 5.54. The Morgan fingerprint density at radius 1 is 1.08 bits per heavy atom. The molecule has 0 aliphatic carbocycles. The fourth-order valence-electron chi connectivity index (χ4n) is 2.61. The van der Waals surface area contributed by atoms with Crippen LogP contribution < -0.4 is 0 Å². The minimum atomic E-state index is -4.86. The molecule has 1 saturated heterocycles. The van der Waals surface area contributed by atoms with Gasteiger partial charge in [0.1, 0.15) is 0 Å². The first kappa shape index (κ1) is 19.4. The predicted molar refractivity (Wildman–Crippen MR) is 73.0 cm³/mol. The van der Waals surface area contributed by atoms with Crippen molar-refractivity contribution in [1.29, 1.82) is 0 Å². The van der Waals surface area contributed by atoms with Crippen molar-refractivity contribution in [2.24, 2.45) is 11.8 Å². The zero-order chi connectivity index (χ0) is 19.2. The third-order valence-electron chi connectivity index (χ3n) is 3.82. The van der Waals surface area contributed by atoms with Crippen LogP contribution in [0.4, 0.5) is 26.3 Å². The zero-order valence-electron chi connectivity index (χ0n) is 12.2. The van der Waals surface area contributed by atoms with Crippen molar-refractivity contribution in [1.82, 2.24) is 4.90 Å². The number of carbonyl (C=O) groups excluding carboxylic acids is 1. The van der Waals surface area contributed by atoms with E-state index in [1.165, 1.54) is 0 Å². The number of carboxylic acid groups (broad SMARTS) is 1. The van der Waals surface area contributed by atoms with Gasteiger partial charge in [0.05, 0.1) is 17.4 Å². The zero-order valence-corrected chi connectivity index (χ0v) is 12.9. The lowest BCUT2D eigenvalue weighted by Gasteiger charge is -2.19. The number of carboxylic acids is 1. The topological polar surface area (TPSA) is 57.6 Å². The number of hydrogen-bond acceptors (Lipinski definition) is 2. The molecule has 0 spiro atoms. The normalized spacial score (nSPS) is 21.5. The molecular weight excluding hydrogens is 380 g/mol. The molecular formula is C14H10ClF6NO3. The van der Waals surface area contributed by atoms with E-state index in [-0.39, 0.29) is 0 Å². The van der Waals surface area contributed by atoms with Crippen molar-refractivity contribution in [3.63, 3.8) is 0 Å². The van der Waals surface area contributed by atoms with Crippen LogP contribution in [0.5, 0.6) is 0 Å². The van der Waals surface area contributed by atoms with Gasteiger partial charge >= 0.3 is 18.3 Å². The van der Waals surface area contributed by atoms with Gasteiger partial charge in [-0.3, -0.25) is 9.59 Å². The van der Waals surface area contributed by atoms with Crippen LogP contribution in [0.3, 0.4) is 0 Å². The molecule has 0 radical (unpaired) electrons. The molecule has 0 saturated carbocycles. The van der Waals surface area contributed by atoms with Gasteiger partial charge in [-0.05, 0) is 18.2 Å². The number of likely N-dealkylation sites (tertiary alicyclic amines) is 1. The summed E-state index contributed by atoms with van der Waals surface area (Å²) in [5, 5.41) is 8.49. The number of alkyl halides is 6. The lowest BCUT2D eigenvalue weighted by Crippen LogP contribution is -2.34. The van der Waals surface area contributed by atoms with Crippen LogP contribution in [0.1, 0.15) is 15.9 Å². The van der Waals surface area contributed by atoms with Gasteiger partial charge in [-0.25, -0.2) is 0 Å². The quantitative estimate of drug-likeness (QED) is 0.785. The van der Waals surface area contributed by atoms with E-state index in [9.17, 15) is 35.9 Å². The van der Waals surface area contributed by atoms with Gasteiger partial charge in [0, 0.05) is 23.7 Å². The van der Waals surface area contributed by atoms with Crippen molar-refractivity contribution < 1.29 is 41.0 Å². The number of halogens is 7. The average molecular weight is 390 g/mol. The van der Waals surface area contributed by atoms with Gasteiger partial charge in [-0.1, -0.05) is 11.6 Å². The molecule has 1 N–H and O–H groups in total. The fraction of sp³-hybridized carbons (Fsp3) is 0.429. The van der Waals surface area contributed by atoms with Crippen LogP contribution in [0.25, 0.3) is 0 Å². The van der Waals surface area contributed by atoms with Crippen LogP contribution in [0.2, 0.25) is 5.02 Å². The van der Waals surface area contributed by atoms with Crippen LogP contribution in [-0.4, -0.2) is 41.1 Å². The van der Waals surface area contributed by atoms with Gasteiger partial charge in [0.25, 0.3) is 5.91 Å². The highest BCUT2D eigenvalue weighted by Crippen LogP contribution is 2.39. The van der Waals surface area contributed by atoms with Gasteiger partial charge in [-0.15, -0.1) is 0 Å². The minimum Gasteiger partial charge on any atom is -0.481 e. The molecule has 1 aliphatic heterocycles. The van der Waals surface area contributed by atoms with E-state index < -0.39 is 65.3 Å². The number of hydrogen-bond donors (Lipinski definition) is 1. The number of rotatable bonds is 2. The van der Waals surface area contributed by atoms with E-state index in [0.29, 0.717) is 17.0 Å². The molecule has 1 aromatic rings. The molecule has 0 unspecified atom stereocenters. The Kier molecular flexibility index (Phi) is 4.95. The summed E-state index contributed by atoms with van der Waals surface area (Å²) in [6.07, 6.45) is -9.66. The molecule has 2 rings (SSSR count). The average Bonchev–Trinajstić information content (AvgIpc) is 2.90. The van der Waals surface area contributed by atoms with Crippen molar-refractivity contribution in [2.45, 2.75) is 12.4 Å². The predicted octanol–water partition coefficient (Wildman–Crippen LogP) is 3.69. The van der Waals surface area contributed by atoms with Gasteiger partial charge in [0.2, 0.25) is 0 Å². The molecule has 1 aromatic carbocycles. The van der Waals surface area contributed by atoms with Crippen molar-refractivity contribution in [3.05, 3.63) is 34.3 Å². The maximum absolute atomic E-state index is 12.9. The van der Waals surface area contributed by atoms with Crippen LogP contribution >= 0.6 is 11.6 Å². The monoisotopic (exact) mass is 389 g/mol. The fourth-order valence-corrected chi connectivity index (χ4v) is 2.85. The molecule has 0 aromatic heterocycles. The van der Waals surface area contributed by atoms with E-state index in [0.717, 1.165) is 6.07 Å². The van der Waals surface area contributed by atoms with E-state index in [1.807, 2.05) is 0 Å². The van der Waals surface area contributed by atoms with Gasteiger partial charge in [-0.2, -0.15) is 26.3 Å². The Labute approximate surface area is 142 Å². The van der Waals surface area contributed by atoms with Gasteiger partial charge < -0.3 is 10.0 Å². The summed E-state index contributed by atoms with van der Waals surface area (Å²) in [5.74, 6) is -7.06. The molecule has 25 heavy (non-hydrogen) atoms. The van der Waals surface area contributed by atoms with E-state index >= 15 is 0 Å². The summed E-state index contributed by atoms with van der Waals surface area (Å²) in [5.41, 5.74) is -1.79. The first-order valence-corrected chi connectivity index (χ1v) is 7.15. The summed E-state index contributed by atoms with van der Waals surface area (Å²) in [6.45, 7) is -1.71. The molecule has 4 nitrogen and oxygen atoms in total. The maximum atomic E-state index is 12.9. The van der Waals surface area contributed by atoms with Crippen molar-refractivity contribution in [2.75, 3.05) is 13.1 Å². The molecule has 11 heteroatoms. The molecule has 138 valence electrons. The maximum Gasteiger partial charge on any atom is 0.416 e. The molecule has 1 heterocycles. The summed E-state index contributed by atoms with van der Waals surface area (Å²) < 4.78 is 77.1. The Hall–Kier alpha value is -1.97. The van der Waals surface area contributed by atoms with E-state index in [4.69, 9.17) is 16.7 Å². The van der Waals surface area contributed by atoms with Gasteiger partial charge in [0.15, 0.2) is 0 Å². The minimum absolute atomic E-state index is 0.417. The second kappa shape index (κ2) is 6.40. The highest BCUT2D eigenvalue weighted by atomic mass is 35.5. The highest BCUT2D eigenvalue weighted by molar-refractivity contribution is 6.31. The van der Waals surface area contributed by atoms with E-state index in [1.54, 1.807) is 0 Å². The lowest BCUT2D eigenvalue weighted by molar-refractivity contribution is -0.187. The first-order valence-electron chi connectivity index (χ1n) is 6.77. The molecule has 1 aliphatic rings. The second-order valence-electron chi connectivity index (χ2n) is 5.53. The number of nitrogens with zero attached hydrogens (tertiary/aromatic N) is 1. The molecule has 2 atom stereocenters. The SMILES string of the molecule is O=C(O)[C@@H]1CN(C(=O)c2cc(Cl)cc(C(F)(F)F)c2)C[C@H]1C(F)(F)F. The lowest BCUT2D eigenvalue weighted by atomic mass is 9.96. The first-order chi connectivity index (χ1) is 11.3. The molecule has 1 amide bonds. The Morgan fingerprint density at radius 2 is 1.68 bits per heavy atom. The van der Waals surface area contributed by atoms with Crippen LogP contribution in [0.15, 0.2) is 18.2 Å². The Balaban J connectivity index is 2.33. The Bertz CT molecular complexity index is 703. The highest BCUT2D eigenvalue weighted by Gasteiger charge is 2.53. The standard InChI is InChI=1S/C14H10ClF6NO3/c15-8-2-6(1-7(3-8)13(16,17)18)11(23)22-4-9(12(24)25)10(5-22)14(19,20)21/h1-3,9-10H,4-5H2,(H,24,25)/t9-,10-/m1/s1. The third-order valence-corrected chi connectivity index (χ3v) is 4.03. The number of amides is 1. The van der Waals surface area contributed by atoms with Crippen molar-refractivity contribution in [3.8, 4) is 0 Å². The van der Waals surface area contributed by atoms with E-state index in [2.05, 4.69) is 0 Å². The van der Waals surface area contributed by atoms with Crippen LogP contribution in [-0.2, 0) is 11.0 Å². The number of carbonyl (C=O) groups is 2. The molecule has 1 fully saturated rings. The number of benzene rings is 1. The largest absolute Gasteiger partial charge is 0.481 e. The number of aliphatic carboxylic acids is 1. The molecule has 0 bridgehead atoms. The van der Waals surface area contributed by atoms with Crippen molar-refractivity contribution >= 4 is 23.5 Å². The smallest absolute Gasteiger partial charge is 0.416 e. The second-order valence-corrected chi connectivity index (χ2v) is 5.97. The summed E-state index contributed by atoms with van der Waals surface area (Å²) in [6, 6.07) is 1.92. The summed E-state index contributed by atoms with van der Waals surface area (Å²) in [7, 11) is 0. The Morgan fingerprint density at radius 3 is 2.12 bits per heavy atom. The summed E-state index contributed by atoms with van der Waals surface area (Å²) in [4.78, 5) is 23.8. The third kappa shape index (κ3) is 4.17. The van der Waals surface area contributed by atoms with Crippen LogP contribution in [0, 0.1) is 11.8 Å².